The number of halogens is 3. The van der Waals surface area contributed by atoms with Gasteiger partial charge >= 0.3 is 6.36 Å². The van der Waals surface area contributed by atoms with Crippen LogP contribution in [0.2, 0.25) is 0 Å². The molecule has 1 fully saturated rings. The quantitative estimate of drug-likeness (QED) is 0.603. The van der Waals surface area contributed by atoms with Crippen LogP contribution >= 0.6 is 11.8 Å². The lowest BCUT2D eigenvalue weighted by Crippen LogP contribution is -2.37. The highest BCUT2D eigenvalue weighted by molar-refractivity contribution is 7.99. The first-order valence-corrected chi connectivity index (χ1v) is 9.01. The van der Waals surface area contributed by atoms with E-state index in [9.17, 15) is 18.0 Å². The number of nitriles is 1. The van der Waals surface area contributed by atoms with Crippen LogP contribution in [0.1, 0.15) is 25.7 Å². The van der Waals surface area contributed by atoms with Crippen LogP contribution in [-0.4, -0.2) is 24.6 Å². The summed E-state index contributed by atoms with van der Waals surface area (Å²) in [4.78, 5) is 13.0. The summed E-state index contributed by atoms with van der Waals surface area (Å²) in [5.41, 5.74) is 0. The zero-order valence-electron chi connectivity index (χ0n) is 13.5. The molecule has 25 heavy (non-hydrogen) atoms. The Morgan fingerprint density at radius 1 is 1.28 bits per heavy atom. The van der Waals surface area contributed by atoms with Gasteiger partial charge in [-0.3, -0.25) is 4.79 Å². The van der Waals surface area contributed by atoms with Gasteiger partial charge in [0.1, 0.15) is 12.3 Å². The molecule has 2 atom stereocenters. The van der Waals surface area contributed by atoms with Crippen molar-refractivity contribution in [2.45, 2.75) is 36.9 Å². The van der Waals surface area contributed by atoms with Gasteiger partial charge in [-0.05, 0) is 43.0 Å². The molecule has 0 bridgehead atoms. The van der Waals surface area contributed by atoms with Gasteiger partial charge in [0.15, 0.2) is 0 Å². The monoisotopic (exact) mass is 372 g/mol. The van der Waals surface area contributed by atoms with E-state index in [-0.39, 0.29) is 30.0 Å². The fourth-order valence-electron chi connectivity index (χ4n) is 2.95. The van der Waals surface area contributed by atoms with Crippen LogP contribution in [0.3, 0.4) is 0 Å². The van der Waals surface area contributed by atoms with E-state index in [0.717, 1.165) is 30.6 Å². The number of alkyl halides is 3. The van der Waals surface area contributed by atoms with Gasteiger partial charge in [0.05, 0.1) is 6.07 Å². The third-order valence-electron chi connectivity index (χ3n) is 4.11. The number of rotatable bonds is 6. The molecule has 1 amide bonds. The Balaban J connectivity index is 1.90. The largest absolute Gasteiger partial charge is 0.573 e. The number of hydrogen-bond donors (Lipinski definition) is 1. The van der Waals surface area contributed by atoms with Gasteiger partial charge < -0.3 is 10.1 Å². The lowest BCUT2D eigenvalue weighted by molar-refractivity contribution is -0.274. The molecule has 0 radical (unpaired) electrons. The van der Waals surface area contributed by atoms with Gasteiger partial charge in [-0.15, -0.1) is 24.9 Å². The van der Waals surface area contributed by atoms with Crippen molar-refractivity contribution in [1.82, 2.24) is 5.32 Å². The first-order valence-electron chi connectivity index (χ1n) is 8.02. The normalized spacial score (nSPS) is 20.6. The van der Waals surface area contributed by atoms with Gasteiger partial charge in [-0.2, -0.15) is 5.26 Å². The molecule has 1 saturated carbocycles. The number of ether oxygens (including phenoxy) is 1. The highest BCUT2D eigenvalue weighted by atomic mass is 32.2. The minimum absolute atomic E-state index is 0.00979. The van der Waals surface area contributed by atoms with Crippen LogP contribution in [0.4, 0.5) is 13.2 Å². The molecule has 0 heterocycles. The maximum atomic E-state index is 12.2. The molecular formula is C17H19F3N2O2S. The average molecular weight is 372 g/mol. The molecule has 8 heteroatoms. The molecule has 1 aliphatic carbocycles. The van der Waals surface area contributed by atoms with Crippen molar-refractivity contribution in [3.05, 3.63) is 24.3 Å². The second kappa shape index (κ2) is 8.99. The molecule has 1 N–H and O–H groups in total. The average Bonchev–Trinajstić information content (AvgIpc) is 2.58. The predicted octanol–water partition coefficient (Wildman–Crippen LogP) is 4.12. The zero-order valence-corrected chi connectivity index (χ0v) is 14.3. The summed E-state index contributed by atoms with van der Waals surface area (Å²) in [5, 5.41) is 11.2. The summed E-state index contributed by atoms with van der Waals surface area (Å²) < 4.78 is 40.3. The maximum Gasteiger partial charge on any atom is 0.573 e. The van der Waals surface area contributed by atoms with Crippen LogP contribution in [0.5, 0.6) is 5.75 Å². The molecule has 1 aromatic rings. The van der Waals surface area contributed by atoms with Crippen molar-refractivity contribution in [2.24, 2.45) is 11.8 Å². The van der Waals surface area contributed by atoms with Crippen molar-refractivity contribution in [3.63, 3.8) is 0 Å². The van der Waals surface area contributed by atoms with Crippen molar-refractivity contribution in [2.75, 3.05) is 12.3 Å². The lowest BCUT2D eigenvalue weighted by atomic mass is 9.80. The van der Waals surface area contributed by atoms with Gasteiger partial charge in [-0.25, -0.2) is 0 Å². The number of nitrogens with zero attached hydrogens (tertiary/aromatic N) is 1. The molecule has 0 saturated heterocycles. The van der Waals surface area contributed by atoms with Gasteiger partial charge in [-0.1, -0.05) is 12.8 Å². The van der Waals surface area contributed by atoms with Crippen LogP contribution in [0.25, 0.3) is 0 Å². The summed E-state index contributed by atoms with van der Waals surface area (Å²) >= 11 is 1.52. The fourth-order valence-corrected chi connectivity index (χ4v) is 4.08. The summed E-state index contributed by atoms with van der Waals surface area (Å²) in [6.45, 7) is 0.00979. The smallest absolute Gasteiger partial charge is 0.406 e. The molecule has 0 spiro atoms. The Morgan fingerprint density at radius 3 is 2.60 bits per heavy atom. The van der Waals surface area contributed by atoms with Crippen LogP contribution in [0.15, 0.2) is 29.2 Å². The third kappa shape index (κ3) is 6.50. The van der Waals surface area contributed by atoms with E-state index in [2.05, 4.69) is 10.1 Å². The molecule has 136 valence electrons. The molecule has 4 nitrogen and oxygen atoms in total. The van der Waals surface area contributed by atoms with E-state index in [4.69, 9.17) is 5.26 Å². The summed E-state index contributed by atoms with van der Waals surface area (Å²) in [6, 6.07) is 7.64. The molecule has 2 rings (SSSR count). The summed E-state index contributed by atoms with van der Waals surface area (Å²) in [7, 11) is 0. The Hall–Kier alpha value is -1.88. The SMILES string of the molecule is N#CCNC(=O)C1CCCCC1CSc1ccc(OC(F)(F)F)cc1. The van der Waals surface area contributed by atoms with E-state index in [1.54, 1.807) is 12.1 Å². The second-order valence-corrected chi connectivity index (χ2v) is 6.95. The van der Waals surface area contributed by atoms with Crippen LogP contribution < -0.4 is 10.1 Å². The number of carbonyl (C=O) groups excluding carboxylic acids is 1. The Morgan fingerprint density at radius 2 is 1.96 bits per heavy atom. The summed E-state index contributed by atoms with van der Waals surface area (Å²) in [5.74, 6) is 0.472. The minimum atomic E-state index is -4.69. The fraction of sp³-hybridized carbons (Fsp3) is 0.529. The minimum Gasteiger partial charge on any atom is -0.406 e. The van der Waals surface area contributed by atoms with Crippen LogP contribution in [-0.2, 0) is 4.79 Å². The highest BCUT2D eigenvalue weighted by Crippen LogP contribution is 2.35. The van der Waals surface area contributed by atoms with Crippen molar-refractivity contribution in [1.29, 1.82) is 5.26 Å². The maximum absolute atomic E-state index is 12.2. The van der Waals surface area contributed by atoms with Crippen molar-refractivity contribution >= 4 is 17.7 Å². The van der Waals surface area contributed by atoms with Crippen molar-refractivity contribution in [3.8, 4) is 11.8 Å². The molecule has 1 aliphatic rings. The number of thioether (sulfide) groups is 1. The number of benzene rings is 1. The number of hydrogen-bond acceptors (Lipinski definition) is 4. The third-order valence-corrected chi connectivity index (χ3v) is 5.31. The molecule has 1 aromatic carbocycles. The Bertz CT molecular complexity index is 614. The lowest BCUT2D eigenvalue weighted by Gasteiger charge is -2.30. The Labute approximate surface area is 148 Å². The first kappa shape index (κ1) is 19.4. The summed E-state index contributed by atoms with van der Waals surface area (Å²) in [6.07, 6.45) is -0.893. The molecular weight excluding hydrogens is 353 g/mol. The zero-order chi connectivity index (χ0) is 18.3. The van der Waals surface area contributed by atoms with Crippen molar-refractivity contribution < 1.29 is 22.7 Å². The van der Waals surface area contributed by atoms with Crippen LogP contribution in [0, 0.1) is 23.2 Å². The number of nitrogens with one attached hydrogen (secondary N) is 1. The van der Waals surface area contributed by atoms with Gasteiger partial charge in [0.25, 0.3) is 0 Å². The van der Waals surface area contributed by atoms with E-state index < -0.39 is 6.36 Å². The second-order valence-electron chi connectivity index (χ2n) is 5.86. The topological polar surface area (TPSA) is 62.1 Å². The molecule has 2 unspecified atom stereocenters. The molecule has 0 aromatic heterocycles. The van der Waals surface area contributed by atoms with E-state index >= 15 is 0 Å². The first-order chi connectivity index (χ1) is 11.9. The van der Waals surface area contributed by atoms with E-state index in [0.29, 0.717) is 5.75 Å². The predicted molar refractivity (Wildman–Crippen MR) is 87.9 cm³/mol. The van der Waals surface area contributed by atoms with E-state index in [1.807, 2.05) is 6.07 Å². The van der Waals surface area contributed by atoms with E-state index in [1.165, 1.54) is 23.9 Å². The number of carbonyl (C=O) groups is 1. The number of amides is 1. The standard InChI is InChI=1S/C17H19F3N2O2S/c18-17(19,20)24-13-5-7-14(8-6-13)25-11-12-3-1-2-4-15(12)16(23)22-10-9-21/h5-8,12,15H,1-4,10-11H2,(H,22,23). The van der Waals surface area contributed by atoms with Gasteiger partial charge in [0.2, 0.25) is 5.91 Å². The van der Waals surface area contributed by atoms with Gasteiger partial charge in [0, 0.05) is 16.6 Å². The Kier molecular flexibility index (Phi) is 7.00. The molecule has 0 aliphatic heterocycles. The highest BCUT2D eigenvalue weighted by Gasteiger charge is 2.32.